The number of methoxy groups -OCH3 is 1. The third-order valence-electron chi connectivity index (χ3n) is 3.89. The van der Waals surface area contributed by atoms with Crippen molar-refractivity contribution in [3.63, 3.8) is 0 Å². The fourth-order valence-electron chi connectivity index (χ4n) is 2.63. The fourth-order valence-corrected chi connectivity index (χ4v) is 2.63. The van der Waals surface area contributed by atoms with Gasteiger partial charge in [-0.15, -0.1) is 0 Å². The average molecular weight is 347 g/mol. The summed E-state index contributed by atoms with van der Waals surface area (Å²) in [4.78, 5) is 35.8. The van der Waals surface area contributed by atoms with Crippen LogP contribution in [-0.2, 0) is 13.1 Å². The molecule has 0 aliphatic rings. The van der Waals surface area contributed by atoms with Crippen LogP contribution >= 0.6 is 0 Å². The summed E-state index contributed by atoms with van der Waals surface area (Å²) in [6, 6.07) is 6.83. The molecule has 0 saturated carbocycles. The van der Waals surface area contributed by atoms with Gasteiger partial charge in [-0.1, -0.05) is 26.0 Å². The predicted molar refractivity (Wildman–Crippen MR) is 93.3 cm³/mol. The van der Waals surface area contributed by atoms with Crippen molar-refractivity contribution < 1.29 is 9.66 Å². The molecule has 2 rings (SSSR count). The largest absolute Gasteiger partial charge is 0.497 e. The van der Waals surface area contributed by atoms with Crippen LogP contribution in [-0.4, -0.2) is 21.2 Å². The van der Waals surface area contributed by atoms with Gasteiger partial charge in [0.05, 0.1) is 18.6 Å². The summed E-state index contributed by atoms with van der Waals surface area (Å²) in [6.45, 7) is 5.49. The van der Waals surface area contributed by atoms with Gasteiger partial charge >= 0.3 is 16.9 Å². The zero-order valence-corrected chi connectivity index (χ0v) is 14.7. The van der Waals surface area contributed by atoms with Crippen LogP contribution in [0, 0.1) is 23.0 Å². The maximum Gasteiger partial charge on any atom is 0.353 e. The summed E-state index contributed by atoms with van der Waals surface area (Å²) in [5.74, 6) is 0.742. The number of ether oxygens (including phenoxy) is 1. The highest BCUT2D eigenvalue weighted by molar-refractivity contribution is 5.33. The Bertz CT molecular complexity index is 894. The van der Waals surface area contributed by atoms with Gasteiger partial charge in [0.1, 0.15) is 11.4 Å². The van der Waals surface area contributed by atoms with E-state index in [0.717, 1.165) is 4.57 Å². The lowest BCUT2D eigenvalue weighted by atomic mass is 10.2. The van der Waals surface area contributed by atoms with E-state index in [2.05, 4.69) is 0 Å². The van der Waals surface area contributed by atoms with Gasteiger partial charge in [0.25, 0.3) is 0 Å². The van der Waals surface area contributed by atoms with Gasteiger partial charge in [-0.05, 0) is 30.5 Å². The molecule has 8 nitrogen and oxygen atoms in total. The Kier molecular flexibility index (Phi) is 5.41. The molecule has 0 unspecified atom stereocenters. The molecule has 0 fully saturated rings. The van der Waals surface area contributed by atoms with Gasteiger partial charge in [-0.3, -0.25) is 19.5 Å². The standard InChI is InChI=1S/C17H21N3O5/c1-11(2)9-18-12(3)15(20(23)24)16(21)19(17(18)22)10-13-5-7-14(25-4)8-6-13/h5-8,11H,9-10H2,1-4H3. The van der Waals surface area contributed by atoms with Crippen LogP contribution in [0.2, 0.25) is 0 Å². The minimum atomic E-state index is -0.886. The van der Waals surface area contributed by atoms with Crippen LogP contribution in [0.4, 0.5) is 5.69 Å². The molecule has 25 heavy (non-hydrogen) atoms. The Hall–Kier alpha value is -2.90. The second-order valence-electron chi connectivity index (χ2n) is 6.22. The lowest BCUT2D eigenvalue weighted by Crippen LogP contribution is -2.43. The molecular weight excluding hydrogens is 326 g/mol. The van der Waals surface area contributed by atoms with E-state index in [9.17, 15) is 19.7 Å². The Labute approximate surface area is 144 Å². The monoisotopic (exact) mass is 347 g/mol. The molecule has 2 aromatic rings. The Morgan fingerprint density at radius 2 is 1.76 bits per heavy atom. The van der Waals surface area contributed by atoms with Crippen molar-refractivity contribution in [1.82, 2.24) is 9.13 Å². The van der Waals surface area contributed by atoms with Crippen LogP contribution in [0.3, 0.4) is 0 Å². The zero-order chi connectivity index (χ0) is 18.7. The summed E-state index contributed by atoms with van der Waals surface area (Å²) in [7, 11) is 1.54. The molecule has 0 saturated heterocycles. The van der Waals surface area contributed by atoms with Crippen LogP contribution < -0.4 is 16.0 Å². The molecule has 0 aliphatic carbocycles. The molecular formula is C17H21N3O5. The van der Waals surface area contributed by atoms with E-state index in [1.807, 2.05) is 13.8 Å². The second-order valence-corrected chi connectivity index (χ2v) is 6.22. The minimum absolute atomic E-state index is 0.0408. The second kappa shape index (κ2) is 7.33. The van der Waals surface area contributed by atoms with Gasteiger partial charge in [-0.25, -0.2) is 9.36 Å². The van der Waals surface area contributed by atoms with Gasteiger partial charge in [0.2, 0.25) is 0 Å². The number of nitrogens with zero attached hydrogens (tertiary/aromatic N) is 3. The number of aromatic nitrogens is 2. The molecule has 0 amide bonds. The van der Waals surface area contributed by atoms with E-state index in [-0.39, 0.29) is 18.2 Å². The van der Waals surface area contributed by atoms with Crippen molar-refractivity contribution >= 4 is 5.69 Å². The Morgan fingerprint density at radius 3 is 2.24 bits per heavy atom. The first-order chi connectivity index (χ1) is 11.8. The molecule has 0 spiro atoms. The molecule has 0 radical (unpaired) electrons. The van der Waals surface area contributed by atoms with Gasteiger partial charge < -0.3 is 4.74 Å². The van der Waals surface area contributed by atoms with E-state index < -0.39 is 21.9 Å². The summed E-state index contributed by atoms with van der Waals surface area (Å²) in [5.41, 5.74) is -1.23. The molecule has 8 heteroatoms. The van der Waals surface area contributed by atoms with Crippen molar-refractivity contribution in [3.05, 3.63) is 66.5 Å². The fraction of sp³-hybridized carbons (Fsp3) is 0.412. The molecule has 0 bridgehead atoms. The lowest BCUT2D eigenvalue weighted by Gasteiger charge is -2.15. The zero-order valence-electron chi connectivity index (χ0n) is 14.7. The average Bonchev–Trinajstić information content (AvgIpc) is 2.55. The SMILES string of the molecule is COc1ccc(Cn2c(=O)c([N+](=O)[O-])c(C)n(CC(C)C)c2=O)cc1. The van der Waals surface area contributed by atoms with E-state index in [1.165, 1.54) is 18.6 Å². The van der Waals surface area contributed by atoms with E-state index >= 15 is 0 Å². The third kappa shape index (κ3) is 3.78. The highest BCUT2D eigenvalue weighted by Crippen LogP contribution is 2.14. The van der Waals surface area contributed by atoms with E-state index in [1.54, 1.807) is 24.3 Å². The Balaban J connectivity index is 2.62. The smallest absolute Gasteiger partial charge is 0.353 e. The Morgan fingerprint density at radius 1 is 1.16 bits per heavy atom. The third-order valence-corrected chi connectivity index (χ3v) is 3.89. The summed E-state index contributed by atoms with van der Waals surface area (Å²) in [6.07, 6.45) is 0. The maximum atomic E-state index is 12.7. The topological polar surface area (TPSA) is 96.4 Å². The van der Waals surface area contributed by atoms with Crippen LogP contribution in [0.1, 0.15) is 25.1 Å². The summed E-state index contributed by atoms with van der Waals surface area (Å²) >= 11 is 0. The summed E-state index contributed by atoms with van der Waals surface area (Å²) in [5, 5.41) is 11.3. The number of hydrogen-bond donors (Lipinski definition) is 0. The minimum Gasteiger partial charge on any atom is -0.497 e. The van der Waals surface area contributed by atoms with Crippen molar-refractivity contribution in [2.75, 3.05) is 7.11 Å². The molecule has 1 aromatic carbocycles. The van der Waals surface area contributed by atoms with Crippen LogP contribution in [0.15, 0.2) is 33.9 Å². The van der Waals surface area contributed by atoms with E-state index in [4.69, 9.17) is 4.74 Å². The predicted octanol–water partition coefficient (Wildman–Crippen LogP) is 1.94. The van der Waals surface area contributed by atoms with Crippen LogP contribution in [0.25, 0.3) is 0 Å². The number of rotatable bonds is 6. The van der Waals surface area contributed by atoms with Crippen molar-refractivity contribution in [2.24, 2.45) is 5.92 Å². The van der Waals surface area contributed by atoms with Crippen molar-refractivity contribution in [3.8, 4) is 5.75 Å². The van der Waals surface area contributed by atoms with Gasteiger partial charge in [-0.2, -0.15) is 0 Å². The number of nitro groups is 1. The first-order valence-electron chi connectivity index (χ1n) is 7.87. The van der Waals surface area contributed by atoms with Crippen LogP contribution in [0.5, 0.6) is 5.75 Å². The first-order valence-corrected chi connectivity index (χ1v) is 7.87. The normalized spacial score (nSPS) is 10.9. The molecule has 1 aromatic heterocycles. The first kappa shape index (κ1) is 18.4. The molecule has 0 aliphatic heterocycles. The maximum absolute atomic E-state index is 12.7. The van der Waals surface area contributed by atoms with Crippen molar-refractivity contribution in [1.29, 1.82) is 0 Å². The molecule has 134 valence electrons. The quantitative estimate of drug-likeness (QED) is 0.588. The highest BCUT2D eigenvalue weighted by Gasteiger charge is 2.25. The number of hydrogen-bond acceptors (Lipinski definition) is 5. The van der Waals surface area contributed by atoms with Gasteiger partial charge in [0, 0.05) is 6.54 Å². The van der Waals surface area contributed by atoms with Gasteiger partial charge in [0.15, 0.2) is 0 Å². The molecule has 0 atom stereocenters. The summed E-state index contributed by atoms with van der Waals surface area (Å²) < 4.78 is 7.28. The molecule has 1 heterocycles. The molecule has 0 N–H and O–H groups in total. The number of benzene rings is 1. The van der Waals surface area contributed by atoms with Crippen molar-refractivity contribution in [2.45, 2.75) is 33.9 Å². The van der Waals surface area contributed by atoms with E-state index in [0.29, 0.717) is 17.9 Å². The highest BCUT2D eigenvalue weighted by atomic mass is 16.6. The lowest BCUT2D eigenvalue weighted by molar-refractivity contribution is -0.387.